The second-order valence-electron chi connectivity index (χ2n) is 6.65. The van der Waals surface area contributed by atoms with Gasteiger partial charge in [-0.05, 0) is 48.4 Å². The summed E-state index contributed by atoms with van der Waals surface area (Å²) in [5.41, 5.74) is 8.44. The summed E-state index contributed by atoms with van der Waals surface area (Å²) >= 11 is 0. The SMILES string of the molecule is CCc1ccc(OCCNC(C)=O)c(C(Nc2ccc(C(=N)N)cc2)C(=O)OC)c1. The highest BCUT2D eigenvalue weighted by molar-refractivity contribution is 5.95. The Bertz CT molecular complexity index is 897. The third-order valence-electron chi connectivity index (χ3n) is 4.47. The highest BCUT2D eigenvalue weighted by Gasteiger charge is 2.25. The number of nitrogens with one attached hydrogen (secondary N) is 3. The number of aryl methyl sites for hydroxylation is 1. The van der Waals surface area contributed by atoms with Gasteiger partial charge in [-0.1, -0.05) is 13.0 Å². The minimum Gasteiger partial charge on any atom is -0.491 e. The molecule has 8 heteroatoms. The van der Waals surface area contributed by atoms with E-state index in [1.54, 1.807) is 24.3 Å². The van der Waals surface area contributed by atoms with E-state index in [9.17, 15) is 9.59 Å². The number of benzene rings is 2. The lowest BCUT2D eigenvalue weighted by molar-refractivity contribution is -0.141. The second kappa shape index (κ2) is 10.8. The molecule has 1 amide bonds. The Morgan fingerprint density at radius 2 is 1.87 bits per heavy atom. The number of nitrogen functional groups attached to an aromatic ring is 1. The van der Waals surface area contributed by atoms with Crippen molar-refractivity contribution in [2.24, 2.45) is 5.73 Å². The van der Waals surface area contributed by atoms with Gasteiger partial charge in [-0.2, -0.15) is 0 Å². The fourth-order valence-corrected chi connectivity index (χ4v) is 2.86. The van der Waals surface area contributed by atoms with Crippen LogP contribution in [0.4, 0.5) is 5.69 Å². The molecule has 0 fully saturated rings. The molecule has 5 N–H and O–H groups in total. The third-order valence-corrected chi connectivity index (χ3v) is 4.47. The van der Waals surface area contributed by atoms with E-state index in [-0.39, 0.29) is 18.3 Å². The molecular formula is C22H28N4O4. The standard InChI is InChI=1S/C22H28N4O4/c1-4-15-5-10-19(30-12-11-25-14(2)27)18(13-15)20(22(28)29-3)26-17-8-6-16(7-9-17)21(23)24/h5-10,13,20,26H,4,11-12H2,1-3H3,(H3,23,24)(H,25,27). The van der Waals surface area contributed by atoms with Crippen molar-refractivity contribution in [3.05, 3.63) is 59.2 Å². The normalized spacial score (nSPS) is 11.3. The Balaban J connectivity index is 2.32. The zero-order valence-electron chi connectivity index (χ0n) is 17.5. The summed E-state index contributed by atoms with van der Waals surface area (Å²) in [4.78, 5) is 23.7. The summed E-state index contributed by atoms with van der Waals surface area (Å²) in [7, 11) is 1.33. The fourth-order valence-electron chi connectivity index (χ4n) is 2.86. The molecule has 0 bridgehead atoms. The summed E-state index contributed by atoms with van der Waals surface area (Å²) in [6.07, 6.45) is 0.792. The zero-order chi connectivity index (χ0) is 22.1. The van der Waals surface area contributed by atoms with Gasteiger partial charge in [0, 0.05) is 23.7 Å². The van der Waals surface area contributed by atoms with Gasteiger partial charge in [0.15, 0.2) is 6.04 Å². The van der Waals surface area contributed by atoms with E-state index in [1.807, 2.05) is 25.1 Å². The Morgan fingerprint density at radius 1 is 1.17 bits per heavy atom. The smallest absolute Gasteiger partial charge is 0.333 e. The van der Waals surface area contributed by atoms with Crippen LogP contribution in [0.5, 0.6) is 5.75 Å². The minimum absolute atomic E-state index is 0.0310. The van der Waals surface area contributed by atoms with Crippen LogP contribution in [0.25, 0.3) is 0 Å². The van der Waals surface area contributed by atoms with Gasteiger partial charge in [-0.25, -0.2) is 4.79 Å². The molecule has 0 aliphatic rings. The Kier molecular flexibility index (Phi) is 8.22. The lowest BCUT2D eigenvalue weighted by Gasteiger charge is -2.22. The largest absolute Gasteiger partial charge is 0.491 e. The molecule has 2 aromatic carbocycles. The van der Waals surface area contributed by atoms with E-state index in [1.165, 1.54) is 14.0 Å². The predicted molar refractivity (Wildman–Crippen MR) is 116 cm³/mol. The van der Waals surface area contributed by atoms with Crippen LogP contribution >= 0.6 is 0 Å². The number of hydrogen-bond acceptors (Lipinski definition) is 6. The average molecular weight is 412 g/mol. The average Bonchev–Trinajstić information content (AvgIpc) is 2.74. The minimum atomic E-state index is -0.805. The molecule has 0 aliphatic heterocycles. The number of amidine groups is 1. The predicted octanol–water partition coefficient (Wildman–Crippen LogP) is 2.37. The number of esters is 1. The van der Waals surface area contributed by atoms with Crippen LogP contribution in [0.2, 0.25) is 0 Å². The molecule has 0 saturated heterocycles. The van der Waals surface area contributed by atoms with Gasteiger partial charge in [-0.3, -0.25) is 10.2 Å². The van der Waals surface area contributed by atoms with Gasteiger partial charge in [0.05, 0.1) is 13.7 Å². The molecule has 160 valence electrons. The van der Waals surface area contributed by atoms with Gasteiger partial charge in [-0.15, -0.1) is 0 Å². The first kappa shape index (κ1) is 22.7. The summed E-state index contributed by atoms with van der Waals surface area (Å²) in [5, 5.41) is 13.4. The lowest BCUT2D eigenvalue weighted by atomic mass is 10.0. The summed E-state index contributed by atoms with van der Waals surface area (Å²) in [6.45, 7) is 4.08. The van der Waals surface area contributed by atoms with E-state index in [0.717, 1.165) is 12.0 Å². The number of rotatable bonds is 10. The number of carbonyl (C=O) groups is 2. The summed E-state index contributed by atoms with van der Waals surface area (Å²) < 4.78 is 10.9. The van der Waals surface area contributed by atoms with Gasteiger partial charge in [0.2, 0.25) is 5.91 Å². The first-order valence-corrected chi connectivity index (χ1v) is 9.64. The third kappa shape index (κ3) is 6.23. The number of nitrogens with two attached hydrogens (primary N) is 1. The number of methoxy groups -OCH3 is 1. The van der Waals surface area contributed by atoms with Crippen molar-refractivity contribution in [1.29, 1.82) is 5.41 Å². The molecule has 0 radical (unpaired) electrons. The van der Waals surface area contributed by atoms with Crippen molar-refractivity contribution < 1.29 is 19.1 Å². The molecule has 0 aliphatic carbocycles. The molecule has 1 atom stereocenters. The fraction of sp³-hybridized carbons (Fsp3) is 0.318. The van der Waals surface area contributed by atoms with Gasteiger partial charge in [0.25, 0.3) is 0 Å². The van der Waals surface area contributed by atoms with E-state index in [0.29, 0.717) is 29.1 Å². The second-order valence-corrected chi connectivity index (χ2v) is 6.65. The Labute approximate surface area is 176 Å². The molecule has 2 aromatic rings. The van der Waals surface area contributed by atoms with E-state index in [4.69, 9.17) is 20.6 Å². The number of ether oxygens (including phenoxy) is 2. The van der Waals surface area contributed by atoms with E-state index in [2.05, 4.69) is 10.6 Å². The molecule has 0 aromatic heterocycles. The van der Waals surface area contributed by atoms with Crippen molar-refractivity contribution in [3.63, 3.8) is 0 Å². The molecule has 0 saturated carbocycles. The van der Waals surface area contributed by atoms with Crippen LogP contribution in [0.1, 0.15) is 36.6 Å². The molecule has 30 heavy (non-hydrogen) atoms. The summed E-state index contributed by atoms with van der Waals surface area (Å²) in [5.74, 6) is -0.105. The van der Waals surface area contributed by atoms with Gasteiger partial charge in [0.1, 0.15) is 18.2 Å². The number of amides is 1. The first-order valence-electron chi connectivity index (χ1n) is 9.64. The van der Waals surface area contributed by atoms with Crippen LogP contribution in [-0.4, -0.2) is 38.0 Å². The van der Waals surface area contributed by atoms with E-state index >= 15 is 0 Å². The van der Waals surface area contributed by atoms with Crippen molar-refractivity contribution in [1.82, 2.24) is 5.32 Å². The van der Waals surface area contributed by atoms with Crippen LogP contribution in [0.3, 0.4) is 0 Å². The van der Waals surface area contributed by atoms with Crippen LogP contribution in [0, 0.1) is 5.41 Å². The molecule has 2 rings (SSSR count). The maximum Gasteiger partial charge on any atom is 0.333 e. The quantitative estimate of drug-likeness (QED) is 0.205. The maximum atomic E-state index is 12.6. The van der Waals surface area contributed by atoms with Gasteiger partial charge < -0.3 is 25.8 Å². The molecule has 0 spiro atoms. The van der Waals surface area contributed by atoms with Crippen molar-refractivity contribution in [2.75, 3.05) is 25.6 Å². The summed E-state index contributed by atoms with van der Waals surface area (Å²) in [6, 6.07) is 11.7. The van der Waals surface area contributed by atoms with Crippen LogP contribution < -0.4 is 21.1 Å². The molecule has 0 heterocycles. The Hall–Kier alpha value is -3.55. The first-order chi connectivity index (χ1) is 14.3. The molecular weight excluding hydrogens is 384 g/mol. The van der Waals surface area contributed by atoms with Crippen molar-refractivity contribution in [3.8, 4) is 5.75 Å². The highest BCUT2D eigenvalue weighted by Crippen LogP contribution is 2.30. The number of hydrogen-bond donors (Lipinski definition) is 4. The highest BCUT2D eigenvalue weighted by atomic mass is 16.5. The van der Waals surface area contributed by atoms with Crippen molar-refractivity contribution >= 4 is 23.4 Å². The monoisotopic (exact) mass is 412 g/mol. The maximum absolute atomic E-state index is 12.6. The number of anilines is 1. The van der Waals surface area contributed by atoms with E-state index < -0.39 is 12.0 Å². The zero-order valence-corrected chi connectivity index (χ0v) is 17.5. The van der Waals surface area contributed by atoms with Crippen LogP contribution in [-0.2, 0) is 20.7 Å². The van der Waals surface area contributed by atoms with Crippen molar-refractivity contribution in [2.45, 2.75) is 26.3 Å². The Morgan fingerprint density at radius 3 is 2.43 bits per heavy atom. The molecule has 1 unspecified atom stereocenters. The van der Waals surface area contributed by atoms with Crippen LogP contribution in [0.15, 0.2) is 42.5 Å². The topological polar surface area (TPSA) is 127 Å². The molecule has 8 nitrogen and oxygen atoms in total. The van der Waals surface area contributed by atoms with Gasteiger partial charge >= 0.3 is 5.97 Å². The lowest BCUT2D eigenvalue weighted by Crippen LogP contribution is -2.26. The number of carbonyl (C=O) groups excluding carboxylic acids is 2.